The van der Waals surface area contributed by atoms with Crippen LogP contribution in [0.15, 0.2) is 36.7 Å². The molecule has 0 atom stereocenters. The predicted octanol–water partition coefficient (Wildman–Crippen LogP) is 2.06. The summed E-state index contributed by atoms with van der Waals surface area (Å²) >= 11 is 0. The van der Waals surface area contributed by atoms with E-state index in [0.29, 0.717) is 26.2 Å². The van der Waals surface area contributed by atoms with Crippen molar-refractivity contribution in [3.05, 3.63) is 36.7 Å². The maximum Gasteiger partial charge on any atom is 0.225 e. The molecule has 1 aromatic carbocycles. The first kappa shape index (κ1) is 21.1. The van der Waals surface area contributed by atoms with E-state index in [1.54, 1.807) is 20.4 Å². The van der Waals surface area contributed by atoms with E-state index in [1.165, 1.54) is 0 Å². The number of nitrogens with zero attached hydrogens (tertiary/aromatic N) is 5. The number of hydrogen-bond acceptors (Lipinski definition) is 6. The Bertz CT molecular complexity index is 917. The van der Waals surface area contributed by atoms with Gasteiger partial charge in [-0.2, -0.15) is 0 Å². The zero-order chi connectivity index (χ0) is 21.8. The fourth-order valence-electron chi connectivity index (χ4n) is 4.30. The summed E-state index contributed by atoms with van der Waals surface area (Å²) in [5.74, 6) is 2.04. The molecule has 164 valence electrons. The lowest BCUT2D eigenvalue weighted by atomic mass is 9.95. The molecule has 8 nitrogen and oxygen atoms in total. The van der Waals surface area contributed by atoms with Crippen LogP contribution < -0.4 is 9.64 Å². The number of hydrogen-bond donors (Lipinski definition) is 0. The van der Waals surface area contributed by atoms with Gasteiger partial charge in [-0.25, -0.2) is 9.97 Å². The number of carbonyl (C=O) groups is 2. The number of methoxy groups -OCH3 is 1. The van der Waals surface area contributed by atoms with Crippen LogP contribution in [-0.2, 0) is 9.59 Å². The highest BCUT2D eigenvalue weighted by Gasteiger charge is 2.31. The molecule has 2 fully saturated rings. The lowest BCUT2D eigenvalue weighted by Crippen LogP contribution is -2.52. The number of aromatic nitrogens is 2. The number of ether oxygens (including phenoxy) is 1. The van der Waals surface area contributed by atoms with E-state index in [-0.39, 0.29) is 17.7 Å². The van der Waals surface area contributed by atoms with Gasteiger partial charge in [0, 0.05) is 63.7 Å². The second kappa shape index (κ2) is 9.32. The summed E-state index contributed by atoms with van der Waals surface area (Å²) in [7, 11) is 1.65. The molecule has 2 aromatic rings. The van der Waals surface area contributed by atoms with Crippen molar-refractivity contribution in [1.82, 2.24) is 19.8 Å². The maximum atomic E-state index is 12.9. The Hall–Kier alpha value is -3.16. The van der Waals surface area contributed by atoms with Crippen molar-refractivity contribution in [2.45, 2.75) is 19.8 Å². The molecule has 4 rings (SSSR count). The van der Waals surface area contributed by atoms with Crippen molar-refractivity contribution in [1.29, 1.82) is 0 Å². The molecule has 0 spiro atoms. The fraction of sp³-hybridized carbons (Fsp3) is 0.478. The minimum atomic E-state index is 0.0304. The van der Waals surface area contributed by atoms with Crippen LogP contribution in [0.2, 0.25) is 0 Å². The van der Waals surface area contributed by atoms with E-state index < -0.39 is 0 Å². The first-order chi connectivity index (χ1) is 15.0. The summed E-state index contributed by atoms with van der Waals surface area (Å²) < 4.78 is 5.22. The van der Waals surface area contributed by atoms with Gasteiger partial charge in [0.05, 0.1) is 12.8 Å². The largest absolute Gasteiger partial charge is 0.497 e. The first-order valence-corrected chi connectivity index (χ1v) is 10.8. The van der Waals surface area contributed by atoms with Gasteiger partial charge in [-0.3, -0.25) is 9.59 Å². The molecule has 2 amide bonds. The highest BCUT2D eigenvalue weighted by atomic mass is 16.5. The molecule has 1 aromatic heterocycles. The van der Waals surface area contributed by atoms with Crippen LogP contribution in [0.3, 0.4) is 0 Å². The molecule has 2 saturated heterocycles. The quantitative estimate of drug-likeness (QED) is 0.749. The molecule has 0 bridgehead atoms. The van der Waals surface area contributed by atoms with Crippen LogP contribution in [-0.4, -0.2) is 78.0 Å². The van der Waals surface area contributed by atoms with Crippen LogP contribution in [0.5, 0.6) is 5.75 Å². The van der Waals surface area contributed by atoms with Crippen molar-refractivity contribution in [3.63, 3.8) is 0 Å². The van der Waals surface area contributed by atoms with Crippen molar-refractivity contribution in [2.24, 2.45) is 5.92 Å². The molecule has 0 saturated carbocycles. The number of anilines is 1. The molecular formula is C23H29N5O3. The molecule has 8 heteroatoms. The lowest BCUT2D eigenvalue weighted by Gasteiger charge is -2.38. The SMILES string of the molecule is COc1ccc(-c2cc(N3CCN(C(=O)C4CCN(C(C)=O)CC4)CC3)ncn2)cc1. The Balaban J connectivity index is 1.34. The maximum absolute atomic E-state index is 12.9. The molecule has 31 heavy (non-hydrogen) atoms. The number of rotatable bonds is 4. The van der Waals surface area contributed by atoms with Gasteiger partial charge in [-0.05, 0) is 37.1 Å². The predicted molar refractivity (Wildman–Crippen MR) is 118 cm³/mol. The van der Waals surface area contributed by atoms with E-state index in [0.717, 1.165) is 48.8 Å². The normalized spacial score (nSPS) is 17.5. The zero-order valence-corrected chi connectivity index (χ0v) is 18.2. The first-order valence-electron chi connectivity index (χ1n) is 10.8. The molecule has 0 unspecified atom stereocenters. The smallest absolute Gasteiger partial charge is 0.225 e. The third-order valence-corrected chi connectivity index (χ3v) is 6.24. The summed E-state index contributed by atoms with van der Waals surface area (Å²) in [5, 5.41) is 0. The van der Waals surface area contributed by atoms with Gasteiger partial charge in [0.25, 0.3) is 0 Å². The number of piperazine rings is 1. The number of amides is 2. The lowest BCUT2D eigenvalue weighted by molar-refractivity contribution is -0.140. The summed E-state index contributed by atoms with van der Waals surface area (Å²) in [5.41, 5.74) is 1.87. The Morgan fingerprint density at radius 2 is 1.61 bits per heavy atom. The van der Waals surface area contributed by atoms with Gasteiger partial charge in [-0.15, -0.1) is 0 Å². The molecule has 0 aliphatic carbocycles. The Labute approximate surface area is 182 Å². The van der Waals surface area contributed by atoms with Gasteiger partial charge in [0.15, 0.2) is 0 Å². The molecule has 0 radical (unpaired) electrons. The second-order valence-corrected chi connectivity index (χ2v) is 8.08. The minimum Gasteiger partial charge on any atom is -0.497 e. The van der Waals surface area contributed by atoms with Crippen molar-refractivity contribution in [3.8, 4) is 17.0 Å². The highest BCUT2D eigenvalue weighted by Crippen LogP contribution is 2.25. The summed E-state index contributed by atoms with van der Waals surface area (Å²) in [6.45, 7) is 5.82. The van der Waals surface area contributed by atoms with Crippen LogP contribution in [0, 0.1) is 5.92 Å². The molecule has 0 N–H and O–H groups in total. The van der Waals surface area contributed by atoms with Crippen LogP contribution >= 0.6 is 0 Å². The highest BCUT2D eigenvalue weighted by molar-refractivity contribution is 5.80. The summed E-state index contributed by atoms with van der Waals surface area (Å²) in [6, 6.07) is 9.81. The standard InChI is InChI=1S/C23H29N5O3/c1-17(29)26-9-7-19(8-10-26)23(30)28-13-11-27(12-14-28)22-15-21(24-16-25-22)18-3-5-20(31-2)6-4-18/h3-6,15-16,19H,7-14H2,1-2H3. The fourth-order valence-corrected chi connectivity index (χ4v) is 4.30. The van der Waals surface area contributed by atoms with Crippen LogP contribution in [0.4, 0.5) is 5.82 Å². The van der Waals surface area contributed by atoms with E-state index in [9.17, 15) is 9.59 Å². The number of carbonyl (C=O) groups excluding carboxylic acids is 2. The van der Waals surface area contributed by atoms with Crippen molar-refractivity contribution in [2.75, 3.05) is 51.3 Å². The third-order valence-electron chi connectivity index (χ3n) is 6.24. The van der Waals surface area contributed by atoms with Crippen molar-refractivity contribution < 1.29 is 14.3 Å². The second-order valence-electron chi connectivity index (χ2n) is 8.08. The van der Waals surface area contributed by atoms with E-state index in [4.69, 9.17) is 4.74 Å². The third kappa shape index (κ3) is 4.78. The van der Waals surface area contributed by atoms with Crippen molar-refractivity contribution >= 4 is 17.6 Å². The van der Waals surface area contributed by atoms with E-state index in [2.05, 4.69) is 14.9 Å². The number of benzene rings is 1. The molecular weight excluding hydrogens is 394 g/mol. The Morgan fingerprint density at radius 1 is 0.935 bits per heavy atom. The number of piperidine rings is 1. The van der Waals surface area contributed by atoms with Gasteiger partial charge in [0.2, 0.25) is 11.8 Å². The summed E-state index contributed by atoms with van der Waals surface area (Å²) in [6.07, 6.45) is 3.11. The molecule has 3 heterocycles. The van der Waals surface area contributed by atoms with E-state index in [1.807, 2.05) is 40.1 Å². The molecule has 2 aliphatic rings. The van der Waals surface area contributed by atoms with Gasteiger partial charge in [-0.1, -0.05) is 0 Å². The number of likely N-dealkylation sites (tertiary alicyclic amines) is 1. The summed E-state index contributed by atoms with van der Waals surface area (Å²) in [4.78, 5) is 39.3. The topological polar surface area (TPSA) is 78.9 Å². The van der Waals surface area contributed by atoms with Gasteiger partial charge < -0.3 is 19.4 Å². The van der Waals surface area contributed by atoms with Crippen LogP contribution in [0.25, 0.3) is 11.3 Å². The van der Waals surface area contributed by atoms with E-state index >= 15 is 0 Å². The van der Waals surface area contributed by atoms with Gasteiger partial charge >= 0.3 is 0 Å². The average Bonchev–Trinajstić information content (AvgIpc) is 2.84. The monoisotopic (exact) mass is 423 g/mol. The van der Waals surface area contributed by atoms with Gasteiger partial charge in [0.1, 0.15) is 17.9 Å². The average molecular weight is 424 g/mol. The zero-order valence-electron chi connectivity index (χ0n) is 18.2. The molecule has 2 aliphatic heterocycles. The Morgan fingerprint density at radius 3 is 2.23 bits per heavy atom. The minimum absolute atomic E-state index is 0.0304. The van der Waals surface area contributed by atoms with Crippen LogP contribution in [0.1, 0.15) is 19.8 Å². The Kier molecular flexibility index (Phi) is 6.34.